The Kier molecular flexibility index (Phi) is 9.54. The quantitative estimate of drug-likeness (QED) is 0.273. The van der Waals surface area contributed by atoms with Gasteiger partial charge in [-0.3, -0.25) is 14.9 Å². The molecule has 202 valence electrons. The fraction of sp³-hybridized carbons (Fsp3) is 0.222. The number of amides is 1. The van der Waals surface area contributed by atoms with Gasteiger partial charge in [-0.15, -0.1) is 0 Å². The fourth-order valence-electron chi connectivity index (χ4n) is 3.83. The van der Waals surface area contributed by atoms with E-state index in [1.807, 2.05) is 37.4 Å². The number of hydrogen-bond donors (Lipinski definition) is 2. The normalized spacial score (nSPS) is 13.4. The first kappa shape index (κ1) is 28.6. The number of carbonyl (C=O) groups is 3. The third kappa shape index (κ3) is 7.76. The van der Waals surface area contributed by atoms with Crippen LogP contribution >= 0.6 is 0 Å². The van der Waals surface area contributed by atoms with Gasteiger partial charge >= 0.3 is 11.9 Å². The maximum absolute atomic E-state index is 13.5. The molecule has 12 heteroatoms. The van der Waals surface area contributed by atoms with Gasteiger partial charge in [0.1, 0.15) is 0 Å². The van der Waals surface area contributed by atoms with Crippen molar-refractivity contribution in [1.29, 1.82) is 0 Å². The number of aryl methyl sites for hydroxylation is 1. The third-order valence-corrected chi connectivity index (χ3v) is 5.83. The summed E-state index contributed by atoms with van der Waals surface area (Å²) in [5, 5.41) is 27.0. The molecule has 2 aromatic carbocycles. The molecule has 1 aliphatic heterocycles. The van der Waals surface area contributed by atoms with Gasteiger partial charge in [0.2, 0.25) is 0 Å². The van der Waals surface area contributed by atoms with Gasteiger partial charge in [0.25, 0.3) is 11.6 Å². The molecule has 0 bridgehead atoms. The van der Waals surface area contributed by atoms with E-state index in [0.717, 1.165) is 18.7 Å². The van der Waals surface area contributed by atoms with E-state index in [9.17, 15) is 24.5 Å². The smallest absolute Gasteiger partial charge is 0.328 e. The number of non-ortho nitro benzene ring substituents is 1. The number of nitro benzene ring substituents is 1. The summed E-state index contributed by atoms with van der Waals surface area (Å²) in [7, 11) is 2.03. The average Bonchev–Trinajstić information content (AvgIpc) is 2.92. The highest BCUT2D eigenvalue weighted by molar-refractivity contribution is 6.01. The minimum absolute atomic E-state index is 0.0481. The Morgan fingerprint density at radius 2 is 1.49 bits per heavy atom. The maximum atomic E-state index is 13.5. The monoisotopic (exact) mass is 533 g/mol. The SMILES string of the molecule is Cc1nc(-c2ccccc2)nc(-c2cccc([N+](=O)[O-])c2)c1C(=O)N1CCN(C)CC1.O=C(O)C=CC(=O)O. The number of likely N-dealkylation sites (N-methyl/N-ethyl adjacent to an activating group) is 1. The molecule has 4 rings (SSSR count). The van der Waals surface area contributed by atoms with Crippen molar-refractivity contribution < 1.29 is 29.5 Å². The Hall–Kier alpha value is -4.97. The number of aliphatic carboxylic acids is 2. The Morgan fingerprint density at radius 3 is 2.05 bits per heavy atom. The molecule has 0 unspecified atom stereocenters. The number of hydrogen-bond acceptors (Lipinski definition) is 8. The minimum atomic E-state index is -1.26. The van der Waals surface area contributed by atoms with Crippen LogP contribution in [0.15, 0.2) is 66.7 Å². The van der Waals surface area contributed by atoms with E-state index in [4.69, 9.17) is 15.2 Å². The van der Waals surface area contributed by atoms with Gasteiger partial charge in [-0.25, -0.2) is 19.6 Å². The Morgan fingerprint density at radius 1 is 0.897 bits per heavy atom. The average molecular weight is 534 g/mol. The number of carbonyl (C=O) groups excluding carboxylic acids is 1. The molecule has 1 amide bonds. The third-order valence-electron chi connectivity index (χ3n) is 5.83. The molecule has 0 spiro atoms. The number of rotatable bonds is 6. The van der Waals surface area contributed by atoms with Crippen LogP contribution in [0.1, 0.15) is 16.1 Å². The summed E-state index contributed by atoms with van der Waals surface area (Å²) >= 11 is 0. The van der Waals surface area contributed by atoms with Crippen molar-refractivity contribution in [3.05, 3.63) is 88.1 Å². The van der Waals surface area contributed by atoms with Crippen molar-refractivity contribution in [2.24, 2.45) is 0 Å². The predicted octanol–water partition coefficient (Wildman–Crippen LogP) is 3.13. The number of carboxylic acids is 2. The molecular formula is C27H27N5O7. The minimum Gasteiger partial charge on any atom is -0.478 e. The fourth-order valence-corrected chi connectivity index (χ4v) is 3.83. The van der Waals surface area contributed by atoms with E-state index < -0.39 is 16.9 Å². The second-order valence-electron chi connectivity index (χ2n) is 8.63. The number of nitro groups is 1. The van der Waals surface area contributed by atoms with E-state index in [-0.39, 0.29) is 11.6 Å². The summed E-state index contributed by atoms with van der Waals surface area (Å²) in [6, 6.07) is 15.7. The molecule has 0 saturated carbocycles. The summed E-state index contributed by atoms with van der Waals surface area (Å²) in [5.41, 5.74) is 2.65. The van der Waals surface area contributed by atoms with Crippen molar-refractivity contribution in [3.63, 3.8) is 0 Å². The molecule has 1 saturated heterocycles. The van der Waals surface area contributed by atoms with Gasteiger partial charge in [-0.1, -0.05) is 42.5 Å². The van der Waals surface area contributed by atoms with Crippen LogP contribution in [-0.4, -0.2) is 86.0 Å². The molecular weight excluding hydrogens is 506 g/mol. The second kappa shape index (κ2) is 13.0. The lowest BCUT2D eigenvalue weighted by molar-refractivity contribution is -0.384. The molecule has 12 nitrogen and oxygen atoms in total. The molecule has 0 radical (unpaired) electrons. The van der Waals surface area contributed by atoms with Crippen LogP contribution in [0.25, 0.3) is 22.6 Å². The molecule has 2 heterocycles. The molecule has 39 heavy (non-hydrogen) atoms. The van der Waals surface area contributed by atoms with Gasteiger partial charge in [0, 0.05) is 61.6 Å². The van der Waals surface area contributed by atoms with Crippen LogP contribution < -0.4 is 0 Å². The summed E-state index contributed by atoms with van der Waals surface area (Å²) in [5.74, 6) is -2.18. The predicted molar refractivity (Wildman–Crippen MR) is 142 cm³/mol. The van der Waals surface area contributed by atoms with Crippen LogP contribution in [0.5, 0.6) is 0 Å². The number of carboxylic acid groups (broad SMARTS) is 2. The van der Waals surface area contributed by atoms with Gasteiger partial charge in [0.05, 0.1) is 21.9 Å². The van der Waals surface area contributed by atoms with Crippen molar-refractivity contribution in [2.75, 3.05) is 33.2 Å². The summed E-state index contributed by atoms with van der Waals surface area (Å²) < 4.78 is 0. The Labute approximate surface area is 224 Å². The zero-order valence-corrected chi connectivity index (χ0v) is 21.4. The summed E-state index contributed by atoms with van der Waals surface area (Å²) in [6.07, 6.45) is 1.12. The largest absolute Gasteiger partial charge is 0.478 e. The van der Waals surface area contributed by atoms with E-state index >= 15 is 0 Å². The number of piperazine rings is 1. The van der Waals surface area contributed by atoms with Crippen LogP contribution in [0.2, 0.25) is 0 Å². The zero-order chi connectivity index (χ0) is 28.5. The van der Waals surface area contributed by atoms with Crippen LogP contribution in [0.4, 0.5) is 5.69 Å². The molecule has 1 aliphatic rings. The topological polar surface area (TPSA) is 167 Å². The first-order valence-corrected chi connectivity index (χ1v) is 11.9. The molecule has 3 aromatic rings. The van der Waals surface area contributed by atoms with Crippen LogP contribution in [0, 0.1) is 17.0 Å². The summed E-state index contributed by atoms with van der Waals surface area (Å²) in [6.45, 7) is 4.60. The molecule has 0 atom stereocenters. The Bertz CT molecular complexity index is 1380. The second-order valence-corrected chi connectivity index (χ2v) is 8.63. The Balaban J connectivity index is 0.000000459. The van der Waals surface area contributed by atoms with E-state index in [2.05, 4.69) is 9.88 Å². The summed E-state index contributed by atoms with van der Waals surface area (Å²) in [4.78, 5) is 56.8. The van der Waals surface area contributed by atoms with Crippen LogP contribution in [0.3, 0.4) is 0 Å². The van der Waals surface area contributed by atoms with Gasteiger partial charge < -0.3 is 20.0 Å². The number of benzene rings is 2. The van der Waals surface area contributed by atoms with Gasteiger partial charge in [0.15, 0.2) is 5.82 Å². The number of aromatic nitrogens is 2. The van der Waals surface area contributed by atoms with Gasteiger partial charge in [-0.05, 0) is 14.0 Å². The first-order chi connectivity index (χ1) is 18.6. The van der Waals surface area contributed by atoms with Crippen LogP contribution in [-0.2, 0) is 9.59 Å². The highest BCUT2D eigenvalue weighted by atomic mass is 16.6. The van der Waals surface area contributed by atoms with Crippen molar-refractivity contribution in [2.45, 2.75) is 6.92 Å². The lowest BCUT2D eigenvalue weighted by Gasteiger charge is -2.33. The van der Waals surface area contributed by atoms with E-state index in [1.165, 1.54) is 12.1 Å². The lowest BCUT2D eigenvalue weighted by Crippen LogP contribution is -2.47. The number of nitrogens with zero attached hydrogens (tertiary/aromatic N) is 5. The molecule has 2 N–H and O–H groups in total. The van der Waals surface area contributed by atoms with Crippen molar-refractivity contribution in [1.82, 2.24) is 19.8 Å². The highest BCUT2D eigenvalue weighted by Crippen LogP contribution is 2.30. The molecule has 1 fully saturated rings. The molecule has 0 aliphatic carbocycles. The van der Waals surface area contributed by atoms with E-state index in [1.54, 1.807) is 24.0 Å². The first-order valence-electron chi connectivity index (χ1n) is 11.9. The van der Waals surface area contributed by atoms with Gasteiger partial charge in [-0.2, -0.15) is 0 Å². The lowest BCUT2D eigenvalue weighted by atomic mass is 10.0. The highest BCUT2D eigenvalue weighted by Gasteiger charge is 2.27. The van der Waals surface area contributed by atoms with Crippen molar-refractivity contribution >= 4 is 23.5 Å². The van der Waals surface area contributed by atoms with Crippen molar-refractivity contribution in [3.8, 4) is 22.6 Å². The van der Waals surface area contributed by atoms with E-state index in [0.29, 0.717) is 53.6 Å². The molecule has 1 aromatic heterocycles. The zero-order valence-electron chi connectivity index (χ0n) is 21.4. The standard InChI is InChI=1S/C23H23N5O3.C4H4O4/c1-16-20(23(29)27-13-11-26(2)12-14-27)21(18-9-6-10-19(15-18)28(30)31)25-22(24-16)17-7-4-3-5-8-17;5-3(6)1-2-4(7)8/h3-10,15H,11-14H2,1-2H3;1-2H,(H,5,6)(H,7,8). The maximum Gasteiger partial charge on any atom is 0.328 e.